The summed E-state index contributed by atoms with van der Waals surface area (Å²) in [6.45, 7) is -2.51. The Morgan fingerprint density at radius 2 is 2.00 bits per heavy atom. The molecule has 2 aromatic carbocycles. The van der Waals surface area contributed by atoms with Crippen LogP contribution in [0.5, 0.6) is 5.75 Å². The summed E-state index contributed by atoms with van der Waals surface area (Å²) in [7, 11) is 0. The van der Waals surface area contributed by atoms with E-state index in [1.54, 1.807) is 22.8 Å². The number of aromatic carboxylic acids is 1. The van der Waals surface area contributed by atoms with Crippen molar-refractivity contribution in [2.24, 2.45) is 0 Å². The van der Waals surface area contributed by atoms with Crippen LogP contribution >= 0.6 is 0 Å². The van der Waals surface area contributed by atoms with Gasteiger partial charge in [0.15, 0.2) is 5.75 Å². The van der Waals surface area contributed by atoms with E-state index in [9.17, 15) is 27.9 Å². The van der Waals surface area contributed by atoms with Crippen LogP contribution in [0.1, 0.15) is 46.5 Å². The van der Waals surface area contributed by atoms with E-state index in [-0.39, 0.29) is 29.2 Å². The number of ether oxygens (including phenoxy) is 1. The third-order valence-electron chi connectivity index (χ3n) is 5.96. The summed E-state index contributed by atoms with van der Waals surface area (Å²) in [5.74, 6) is -1.58. The molecule has 0 bridgehead atoms. The summed E-state index contributed by atoms with van der Waals surface area (Å²) in [5, 5.41) is 12.4. The summed E-state index contributed by atoms with van der Waals surface area (Å²) in [5.41, 5.74) is 1.07. The lowest BCUT2D eigenvalue weighted by Crippen LogP contribution is -2.25. The van der Waals surface area contributed by atoms with E-state index in [1.165, 1.54) is 18.3 Å². The van der Waals surface area contributed by atoms with Gasteiger partial charge in [0.2, 0.25) is 5.43 Å². The fourth-order valence-electron chi connectivity index (χ4n) is 4.32. The quantitative estimate of drug-likeness (QED) is 0.609. The number of aromatic nitrogens is 1. The summed E-state index contributed by atoms with van der Waals surface area (Å²) in [6.07, 6.45) is 1.52. The highest BCUT2D eigenvalue weighted by Gasteiger charge is 2.30. The van der Waals surface area contributed by atoms with Gasteiger partial charge in [-0.2, -0.15) is 8.78 Å². The largest absolute Gasteiger partial charge is 0.477 e. The van der Waals surface area contributed by atoms with Gasteiger partial charge in [-0.15, -0.1) is 0 Å². The molecule has 166 valence electrons. The van der Waals surface area contributed by atoms with E-state index < -0.39 is 29.7 Å². The second kappa shape index (κ2) is 7.67. The summed E-state index contributed by atoms with van der Waals surface area (Å²) < 4.78 is 47.6. The maximum atomic E-state index is 14.2. The number of fused-ring (bicyclic) bond motifs is 2. The zero-order chi connectivity index (χ0) is 22.6. The molecule has 0 amide bonds. The number of nitrogens with one attached hydrogen (secondary N) is 1. The number of nitrogens with zero attached hydrogens (tertiary/aromatic N) is 1. The lowest BCUT2D eigenvalue weighted by Gasteiger charge is -2.23. The molecule has 1 aliphatic carbocycles. The first kappa shape index (κ1) is 20.6. The topological polar surface area (TPSA) is 80.6 Å². The molecular weight excluding hydrogens is 425 g/mol. The molecule has 0 saturated heterocycles. The van der Waals surface area contributed by atoms with Gasteiger partial charge in [0.05, 0.1) is 10.9 Å². The standard InChI is InChI=1S/C23H19F3N2O4/c24-18-9-27-8-12-7-11(1-4-14(12)18)15-5-6-16-19(21(15)32-23(25)26)28(13-2-3-13)10-17(20(16)29)22(30)31/h1,4-7,10,13,18,23,27H,2-3,8-9H2,(H,30,31). The number of carboxylic acid groups (broad SMARTS) is 1. The molecule has 1 aromatic heterocycles. The predicted molar refractivity (Wildman–Crippen MR) is 111 cm³/mol. The van der Waals surface area contributed by atoms with Gasteiger partial charge in [-0.1, -0.05) is 12.1 Å². The molecule has 5 rings (SSSR count). The van der Waals surface area contributed by atoms with Crippen molar-refractivity contribution in [3.05, 3.63) is 63.4 Å². The molecule has 9 heteroatoms. The van der Waals surface area contributed by atoms with E-state index in [0.29, 0.717) is 28.8 Å². The normalized spacial score (nSPS) is 18.1. The average Bonchev–Trinajstić information content (AvgIpc) is 3.59. The van der Waals surface area contributed by atoms with Gasteiger partial charge in [0.1, 0.15) is 11.7 Å². The van der Waals surface area contributed by atoms with Gasteiger partial charge in [0, 0.05) is 30.9 Å². The van der Waals surface area contributed by atoms with Crippen molar-refractivity contribution < 1.29 is 27.8 Å². The first-order valence-electron chi connectivity index (χ1n) is 10.2. The number of rotatable bonds is 5. The van der Waals surface area contributed by atoms with Crippen LogP contribution in [0.2, 0.25) is 0 Å². The fourth-order valence-corrected chi connectivity index (χ4v) is 4.32. The van der Waals surface area contributed by atoms with Crippen LogP contribution in [0.25, 0.3) is 22.0 Å². The van der Waals surface area contributed by atoms with Crippen LogP contribution in [-0.2, 0) is 6.54 Å². The van der Waals surface area contributed by atoms with Crippen molar-refractivity contribution in [3.63, 3.8) is 0 Å². The van der Waals surface area contributed by atoms with E-state index in [0.717, 1.165) is 12.8 Å². The Kier molecular flexibility index (Phi) is 4.93. The van der Waals surface area contributed by atoms with Crippen molar-refractivity contribution in [3.8, 4) is 16.9 Å². The highest BCUT2D eigenvalue weighted by atomic mass is 19.3. The Bertz CT molecular complexity index is 1300. The molecule has 1 saturated carbocycles. The third kappa shape index (κ3) is 3.42. The molecule has 1 aliphatic heterocycles. The van der Waals surface area contributed by atoms with E-state index in [4.69, 9.17) is 4.74 Å². The summed E-state index contributed by atoms with van der Waals surface area (Å²) in [4.78, 5) is 24.4. The number of alkyl halides is 3. The van der Waals surface area contributed by atoms with Crippen LogP contribution in [0, 0.1) is 0 Å². The Morgan fingerprint density at radius 1 is 1.22 bits per heavy atom. The van der Waals surface area contributed by atoms with Crippen molar-refractivity contribution in [2.75, 3.05) is 6.54 Å². The summed E-state index contributed by atoms with van der Waals surface area (Å²) in [6, 6.07) is 7.79. The molecule has 1 atom stereocenters. The predicted octanol–water partition coefficient (Wildman–Crippen LogP) is 4.42. The maximum Gasteiger partial charge on any atom is 0.387 e. The number of hydrogen-bond acceptors (Lipinski definition) is 4. The minimum absolute atomic E-state index is 0.000325. The zero-order valence-electron chi connectivity index (χ0n) is 16.8. The van der Waals surface area contributed by atoms with Crippen LogP contribution in [0.15, 0.2) is 41.3 Å². The monoisotopic (exact) mass is 444 g/mol. The Balaban J connectivity index is 1.79. The Hall–Kier alpha value is -3.33. The molecule has 2 aliphatic rings. The molecule has 2 heterocycles. The number of carboxylic acids is 1. The molecule has 0 spiro atoms. The molecule has 6 nitrogen and oxygen atoms in total. The van der Waals surface area contributed by atoms with Gasteiger partial charge in [-0.3, -0.25) is 4.79 Å². The number of benzene rings is 2. The van der Waals surface area contributed by atoms with E-state index >= 15 is 0 Å². The number of hydrogen-bond donors (Lipinski definition) is 2. The lowest BCUT2D eigenvalue weighted by molar-refractivity contribution is -0.0486. The van der Waals surface area contributed by atoms with E-state index in [2.05, 4.69) is 5.32 Å². The smallest absolute Gasteiger partial charge is 0.387 e. The molecule has 2 N–H and O–H groups in total. The number of halogens is 3. The molecule has 1 unspecified atom stereocenters. The highest BCUT2D eigenvalue weighted by Crippen LogP contribution is 2.43. The first-order chi connectivity index (χ1) is 15.3. The van der Waals surface area contributed by atoms with Crippen LogP contribution in [-0.4, -0.2) is 28.8 Å². The Labute approximate surface area is 180 Å². The van der Waals surface area contributed by atoms with Crippen LogP contribution < -0.4 is 15.5 Å². The van der Waals surface area contributed by atoms with Crippen molar-refractivity contribution in [2.45, 2.75) is 38.2 Å². The van der Waals surface area contributed by atoms with Gasteiger partial charge in [0.25, 0.3) is 0 Å². The zero-order valence-corrected chi connectivity index (χ0v) is 16.8. The molecular formula is C23H19F3N2O4. The van der Waals surface area contributed by atoms with Gasteiger partial charge < -0.3 is 19.7 Å². The molecule has 1 fully saturated rings. The van der Waals surface area contributed by atoms with Gasteiger partial charge in [-0.05, 0) is 47.7 Å². The molecule has 3 aromatic rings. The highest BCUT2D eigenvalue weighted by molar-refractivity contribution is 5.97. The van der Waals surface area contributed by atoms with Crippen molar-refractivity contribution >= 4 is 16.9 Å². The van der Waals surface area contributed by atoms with Crippen molar-refractivity contribution in [1.29, 1.82) is 0 Å². The first-order valence-corrected chi connectivity index (χ1v) is 10.2. The maximum absolute atomic E-state index is 14.2. The van der Waals surface area contributed by atoms with Gasteiger partial charge >= 0.3 is 12.6 Å². The Morgan fingerprint density at radius 3 is 2.69 bits per heavy atom. The third-order valence-corrected chi connectivity index (χ3v) is 5.96. The van der Waals surface area contributed by atoms with Crippen LogP contribution in [0.4, 0.5) is 13.2 Å². The summed E-state index contributed by atoms with van der Waals surface area (Å²) >= 11 is 0. The SMILES string of the molecule is O=C(O)c1cn(C2CC2)c2c(OC(F)F)c(-c3ccc4c(c3)CNCC4F)ccc2c1=O. The van der Waals surface area contributed by atoms with Crippen LogP contribution in [0.3, 0.4) is 0 Å². The second-order valence-electron chi connectivity index (χ2n) is 8.04. The molecule has 0 radical (unpaired) electrons. The lowest BCUT2D eigenvalue weighted by atomic mass is 9.93. The minimum atomic E-state index is -3.16. The number of carbonyl (C=O) groups is 1. The number of pyridine rings is 1. The van der Waals surface area contributed by atoms with Gasteiger partial charge in [-0.25, -0.2) is 9.18 Å². The molecule has 32 heavy (non-hydrogen) atoms. The second-order valence-corrected chi connectivity index (χ2v) is 8.04. The minimum Gasteiger partial charge on any atom is -0.477 e. The van der Waals surface area contributed by atoms with Crippen molar-refractivity contribution in [1.82, 2.24) is 9.88 Å². The average molecular weight is 444 g/mol. The fraction of sp³-hybridized carbons (Fsp3) is 0.304. The van der Waals surface area contributed by atoms with E-state index in [1.807, 2.05) is 0 Å².